The fraction of sp³-hybridized carbons (Fsp3) is 0.857. The molecule has 0 aliphatic heterocycles. The SMILES string of the molecule is CC(C)OPO[P+](OC(C)C)=C(Cl)Cl. The van der Waals surface area contributed by atoms with E-state index in [4.69, 9.17) is 36.6 Å². The van der Waals surface area contributed by atoms with Crippen LogP contribution in [0.25, 0.3) is 0 Å². The number of hydrogen-bond donors (Lipinski definition) is 0. The van der Waals surface area contributed by atoms with Gasteiger partial charge < -0.3 is 4.52 Å². The summed E-state index contributed by atoms with van der Waals surface area (Å²) in [4.78, 5) is 0. The van der Waals surface area contributed by atoms with E-state index in [0.717, 1.165) is 0 Å². The van der Waals surface area contributed by atoms with E-state index in [1.807, 2.05) is 27.7 Å². The standard InChI is InChI=1S/C7H15Cl2O3P2/c1-5(2)10-13-12-14(7(8)9)11-6(3)4/h5-6,13H,1-4H3/q+1. The molecule has 14 heavy (non-hydrogen) atoms. The molecule has 0 N–H and O–H groups in total. The second kappa shape index (κ2) is 8.24. The molecule has 0 aliphatic rings. The Hall–Kier alpha value is 1.06. The van der Waals surface area contributed by atoms with Crippen molar-refractivity contribution in [2.75, 3.05) is 0 Å². The minimum Gasteiger partial charge on any atom is -0.330 e. The lowest BCUT2D eigenvalue weighted by Gasteiger charge is -2.03. The van der Waals surface area contributed by atoms with E-state index in [2.05, 4.69) is 0 Å². The molecule has 0 heterocycles. The van der Waals surface area contributed by atoms with Crippen LogP contribution in [0.4, 0.5) is 0 Å². The molecule has 0 aromatic rings. The van der Waals surface area contributed by atoms with Crippen LogP contribution in [0.5, 0.6) is 0 Å². The Balaban J connectivity index is 3.94. The molecule has 0 aromatic heterocycles. The summed E-state index contributed by atoms with van der Waals surface area (Å²) in [6.07, 6.45) is 0.149. The predicted octanol–water partition coefficient (Wildman–Crippen LogP) is 4.24. The van der Waals surface area contributed by atoms with E-state index in [1.165, 1.54) is 0 Å². The molecule has 3 nitrogen and oxygen atoms in total. The third-order valence-electron chi connectivity index (χ3n) is 0.849. The fourth-order valence-electron chi connectivity index (χ4n) is 0.439. The topological polar surface area (TPSA) is 27.7 Å². The van der Waals surface area contributed by atoms with Crippen molar-refractivity contribution in [3.8, 4) is 0 Å². The normalized spacial score (nSPS) is 13.3. The van der Waals surface area contributed by atoms with Crippen molar-refractivity contribution < 1.29 is 13.4 Å². The van der Waals surface area contributed by atoms with Crippen molar-refractivity contribution >= 4 is 44.4 Å². The summed E-state index contributed by atoms with van der Waals surface area (Å²) in [5.41, 5.74) is 0. The van der Waals surface area contributed by atoms with E-state index in [-0.39, 0.29) is 25.5 Å². The first-order chi connectivity index (χ1) is 6.43. The molecule has 7 heteroatoms. The lowest BCUT2D eigenvalue weighted by atomic mass is 10.5. The van der Waals surface area contributed by atoms with Crippen LogP contribution in [0.1, 0.15) is 27.7 Å². The number of rotatable bonds is 6. The molecule has 84 valence electrons. The van der Waals surface area contributed by atoms with E-state index < -0.39 is 8.00 Å². The highest BCUT2D eigenvalue weighted by atomic mass is 35.5. The maximum atomic E-state index is 5.61. The predicted molar refractivity (Wildman–Crippen MR) is 65.5 cm³/mol. The molecule has 0 aromatic carbocycles. The van der Waals surface area contributed by atoms with Crippen LogP contribution in [-0.4, -0.2) is 16.4 Å². The molecule has 0 bridgehead atoms. The van der Waals surface area contributed by atoms with Crippen LogP contribution in [0, 0.1) is 0 Å². The molecule has 0 spiro atoms. The molecule has 0 saturated heterocycles. The highest BCUT2D eigenvalue weighted by molar-refractivity contribution is 7.63. The monoisotopic (exact) mass is 279 g/mol. The van der Waals surface area contributed by atoms with Gasteiger partial charge in [-0.05, 0) is 50.9 Å². The van der Waals surface area contributed by atoms with Gasteiger partial charge in [-0.3, -0.25) is 0 Å². The zero-order valence-electron chi connectivity index (χ0n) is 8.58. The molecule has 2 unspecified atom stereocenters. The molecule has 0 saturated carbocycles. The van der Waals surface area contributed by atoms with E-state index in [1.54, 1.807) is 0 Å². The third-order valence-corrected chi connectivity index (χ3v) is 4.09. The smallest absolute Gasteiger partial charge is 0.330 e. The van der Waals surface area contributed by atoms with Crippen molar-refractivity contribution in [1.82, 2.24) is 0 Å². The Labute approximate surface area is 97.9 Å². The van der Waals surface area contributed by atoms with E-state index >= 15 is 0 Å². The van der Waals surface area contributed by atoms with Crippen molar-refractivity contribution in [2.45, 2.75) is 39.9 Å². The van der Waals surface area contributed by atoms with Gasteiger partial charge in [0.15, 0.2) is 0 Å². The first-order valence-corrected chi connectivity index (χ1v) is 6.91. The first-order valence-electron chi connectivity index (χ1n) is 4.16. The van der Waals surface area contributed by atoms with E-state index in [0.29, 0.717) is 0 Å². The highest BCUT2D eigenvalue weighted by Gasteiger charge is 2.23. The molecule has 0 amide bonds. The fourth-order valence-corrected chi connectivity index (χ4v) is 2.85. The number of hydrogen-bond acceptors (Lipinski definition) is 3. The summed E-state index contributed by atoms with van der Waals surface area (Å²) in [7, 11) is -1.46. The van der Waals surface area contributed by atoms with E-state index in [9.17, 15) is 0 Å². The molecule has 0 fully saturated rings. The molecular formula is C7H15Cl2O3P2+. The maximum absolute atomic E-state index is 5.61. The van der Waals surface area contributed by atoms with Gasteiger partial charge in [-0.15, -0.1) is 8.83 Å². The highest BCUT2D eigenvalue weighted by Crippen LogP contribution is 2.41. The zero-order valence-corrected chi connectivity index (χ0v) is 12.0. The van der Waals surface area contributed by atoms with Crippen molar-refractivity contribution in [3.63, 3.8) is 0 Å². The van der Waals surface area contributed by atoms with Crippen LogP contribution >= 0.6 is 40.2 Å². The zero-order chi connectivity index (χ0) is 11.1. The van der Waals surface area contributed by atoms with Gasteiger partial charge in [0.2, 0.25) is 9.03 Å². The Morgan fingerprint density at radius 2 is 1.71 bits per heavy atom. The average Bonchev–Trinajstić information content (AvgIpc) is 2.00. The second-order valence-corrected chi connectivity index (χ2v) is 6.77. The minimum atomic E-state index is -1.35. The Kier molecular flexibility index (Phi) is 8.86. The van der Waals surface area contributed by atoms with Gasteiger partial charge in [0.05, 0.1) is 6.10 Å². The van der Waals surface area contributed by atoms with Crippen molar-refractivity contribution in [2.24, 2.45) is 0 Å². The Bertz CT molecular complexity index is 193. The van der Waals surface area contributed by atoms with Gasteiger partial charge in [0.25, 0.3) is 0 Å². The summed E-state index contributed by atoms with van der Waals surface area (Å²) in [6, 6.07) is 0. The Morgan fingerprint density at radius 3 is 2.07 bits per heavy atom. The van der Waals surface area contributed by atoms with Gasteiger partial charge in [-0.2, -0.15) is 0 Å². The van der Waals surface area contributed by atoms with Gasteiger partial charge >= 0.3 is 12.2 Å². The summed E-state index contributed by atoms with van der Waals surface area (Å²) in [5, 5.41) is 0. The summed E-state index contributed by atoms with van der Waals surface area (Å²) in [6.45, 7) is 7.63. The van der Waals surface area contributed by atoms with Crippen molar-refractivity contribution in [3.05, 3.63) is 0 Å². The summed E-state index contributed by atoms with van der Waals surface area (Å²) < 4.78 is 16.0. The van der Waals surface area contributed by atoms with Crippen molar-refractivity contribution in [1.29, 1.82) is 0 Å². The van der Waals surface area contributed by atoms with Crippen LogP contribution in [0.2, 0.25) is 0 Å². The van der Waals surface area contributed by atoms with Crippen LogP contribution in [0.15, 0.2) is 0 Å². The van der Waals surface area contributed by atoms with Gasteiger partial charge in [0.1, 0.15) is 6.10 Å². The molecular weight excluding hydrogens is 265 g/mol. The lowest BCUT2D eigenvalue weighted by Crippen LogP contribution is -1.97. The maximum Gasteiger partial charge on any atom is 0.471 e. The quantitative estimate of drug-likeness (QED) is 0.681. The third kappa shape index (κ3) is 8.38. The molecule has 2 atom stereocenters. The van der Waals surface area contributed by atoms with Gasteiger partial charge in [0, 0.05) is 0 Å². The molecule has 0 aliphatic carbocycles. The molecule has 0 radical (unpaired) electrons. The van der Waals surface area contributed by atoms with Gasteiger partial charge in [-0.1, -0.05) is 0 Å². The van der Waals surface area contributed by atoms with Crippen LogP contribution < -0.4 is 0 Å². The summed E-state index contributed by atoms with van der Waals surface area (Å²) in [5.74, 6) is 0. The van der Waals surface area contributed by atoms with Gasteiger partial charge in [-0.25, -0.2) is 0 Å². The average molecular weight is 280 g/mol. The van der Waals surface area contributed by atoms with Crippen LogP contribution in [-0.2, 0) is 13.4 Å². The lowest BCUT2D eigenvalue weighted by molar-refractivity contribution is 0.235. The largest absolute Gasteiger partial charge is 0.471 e. The Morgan fingerprint density at radius 1 is 1.14 bits per heavy atom. The second-order valence-electron chi connectivity index (χ2n) is 2.99. The van der Waals surface area contributed by atoms with Crippen LogP contribution in [0.3, 0.4) is 0 Å². The minimum absolute atomic E-state index is 0.0254. The molecule has 0 rings (SSSR count). The summed E-state index contributed by atoms with van der Waals surface area (Å²) >= 11 is 11.2. The first kappa shape index (κ1) is 15.1. The number of halogens is 2.